The molecule has 94 valence electrons. The lowest BCUT2D eigenvalue weighted by Crippen LogP contribution is -2.03. The molecular weight excluding hydrogens is 278 g/mol. The Morgan fingerprint density at radius 3 is 2.29 bits per heavy atom. The summed E-state index contributed by atoms with van der Waals surface area (Å²) in [7, 11) is 0. The highest BCUT2D eigenvalue weighted by Crippen LogP contribution is 2.12. The van der Waals surface area contributed by atoms with Crippen LogP contribution in [0.25, 0.3) is 0 Å². The molecule has 0 aliphatic rings. The Morgan fingerprint density at radius 1 is 1.29 bits per heavy atom. The van der Waals surface area contributed by atoms with Crippen LogP contribution in [-0.2, 0) is 4.74 Å². The molecule has 2 nitrogen and oxygen atoms in total. The van der Waals surface area contributed by atoms with Crippen LogP contribution in [0.5, 0.6) is 0 Å². The van der Waals surface area contributed by atoms with Crippen LogP contribution in [0.2, 0.25) is 0 Å². The Balaban J connectivity index is 0.00000121. The molecule has 1 N–H and O–H groups in total. The van der Waals surface area contributed by atoms with Gasteiger partial charge in [-0.05, 0) is 43.7 Å². The summed E-state index contributed by atoms with van der Waals surface area (Å²) < 4.78 is 6.35. The molecule has 0 aliphatic heterocycles. The summed E-state index contributed by atoms with van der Waals surface area (Å²) in [4.78, 5) is 0. The number of ether oxygens (including phenoxy) is 1. The minimum atomic E-state index is 0.185. The van der Waals surface area contributed by atoms with E-state index in [1.54, 1.807) is 0 Å². The van der Waals surface area contributed by atoms with Crippen LogP contribution in [0.15, 0.2) is 40.6 Å². The third kappa shape index (κ3) is 6.27. The van der Waals surface area contributed by atoms with Gasteiger partial charge in [-0.15, -0.1) is 0 Å². The Bertz CT molecular complexity index is 368. The van der Waals surface area contributed by atoms with Gasteiger partial charge in [0.1, 0.15) is 0 Å². The zero-order valence-electron chi connectivity index (χ0n) is 10.9. The molecule has 0 saturated carbocycles. The average Bonchev–Trinajstić information content (AvgIpc) is 2.32. The van der Waals surface area contributed by atoms with E-state index in [0.717, 1.165) is 22.2 Å². The molecule has 0 fully saturated rings. The third-order valence-corrected chi connectivity index (χ3v) is 2.39. The molecule has 0 saturated heterocycles. The highest BCUT2D eigenvalue weighted by Gasteiger charge is 2.02. The maximum Gasteiger partial charge on any atom is 0.218 e. The van der Waals surface area contributed by atoms with Crippen molar-refractivity contribution >= 4 is 21.8 Å². The fourth-order valence-corrected chi connectivity index (χ4v) is 1.41. The van der Waals surface area contributed by atoms with E-state index in [1.165, 1.54) is 0 Å². The number of benzene rings is 1. The predicted molar refractivity (Wildman–Crippen MR) is 77.5 cm³/mol. The summed E-state index contributed by atoms with van der Waals surface area (Å²) in [6, 6.07) is 7.50. The monoisotopic (exact) mass is 297 g/mol. The molecule has 1 rings (SSSR count). The van der Waals surface area contributed by atoms with Crippen molar-refractivity contribution in [1.29, 1.82) is 5.41 Å². The topological polar surface area (TPSA) is 33.1 Å². The van der Waals surface area contributed by atoms with Crippen molar-refractivity contribution in [3.63, 3.8) is 0 Å². The van der Waals surface area contributed by atoms with E-state index in [9.17, 15) is 0 Å². The van der Waals surface area contributed by atoms with Crippen LogP contribution in [0.3, 0.4) is 0 Å². The number of hydrogen-bond acceptors (Lipinski definition) is 2. The van der Waals surface area contributed by atoms with Crippen LogP contribution in [-0.4, -0.2) is 5.90 Å². The maximum absolute atomic E-state index is 7.73. The molecule has 0 atom stereocenters. The first-order chi connectivity index (χ1) is 8.13. The second-order valence-corrected chi connectivity index (χ2v) is 4.08. The van der Waals surface area contributed by atoms with E-state index in [-0.39, 0.29) is 5.90 Å². The fourth-order valence-electron chi connectivity index (χ4n) is 1.15. The largest absolute Gasteiger partial charge is 0.444 e. The molecule has 0 unspecified atom stereocenters. The first-order valence-electron chi connectivity index (χ1n) is 5.82. The van der Waals surface area contributed by atoms with Crippen molar-refractivity contribution in [3.8, 4) is 0 Å². The van der Waals surface area contributed by atoms with Crippen LogP contribution in [0.1, 0.15) is 39.7 Å². The van der Waals surface area contributed by atoms with Gasteiger partial charge in [0.05, 0.1) is 5.76 Å². The fraction of sp³-hybridized carbons (Fsp3) is 0.357. The number of halogens is 1. The van der Waals surface area contributed by atoms with Crippen LogP contribution in [0.4, 0.5) is 0 Å². The Labute approximate surface area is 112 Å². The highest BCUT2D eigenvalue weighted by atomic mass is 79.9. The number of nitrogens with one attached hydrogen (secondary N) is 1. The SMILES string of the molecule is CC.CC/C=C(\C)OC(=N)c1ccc(Br)cc1. The molecule has 0 heterocycles. The first kappa shape index (κ1) is 15.9. The van der Waals surface area contributed by atoms with E-state index < -0.39 is 0 Å². The van der Waals surface area contributed by atoms with E-state index >= 15 is 0 Å². The Hall–Kier alpha value is -1.09. The van der Waals surface area contributed by atoms with Gasteiger partial charge >= 0.3 is 0 Å². The molecule has 0 amide bonds. The average molecular weight is 298 g/mol. The van der Waals surface area contributed by atoms with Crippen molar-refractivity contribution in [2.75, 3.05) is 0 Å². The van der Waals surface area contributed by atoms with Gasteiger partial charge in [0.15, 0.2) is 0 Å². The molecule has 17 heavy (non-hydrogen) atoms. The van der Waals surface area contributed by atoms with Crippen LogP contribution >= 0.6 is 15.9 Å². The summed E-state index contributed by atoms with van der Waals surface area (Å²) in [6.45, 7) is 7.90. The summed E-state index contributed by atoms with van der Waals surface area (Å²) in [5.41, 5.74) is 0.780. The van der Waals surface area contributed by atoms with E-state index in [1.807, 2.05) is 58.0 Å². The minimum Gasteiger partial charge on any atom is -0.444 e. The van der Waals surface area contributed by atoms with Crippen molar-refractivity contribution < 1.29 is 4.74 Å². The molecule has 0 radical (unpaired) electrons. The zero-order chi connectivity index (χ0) is 13.3. The van der Waals surface area contributed by atoms with E-state index in [2.05, 4.69) is 15.9 Å². The van der Waals surface area contributed by atoms with E-state index in [4.69, 9.17) is 10.1 Å². The quantitative estimate of drug-likeness (QED) is 0.468. The number of hydrogen-bond donors (Lipinski definition) is 1. The van der Waals surface area contributed by atoms with Gasteiger partial charge < -0.3 is 4.74 Å². The third-order valence-electron chi connectivity index (χ3n) is 1.86. The lowest BCUT2D eigenvalue weighted by atomic mass is 10.2. The standard InChI is InChI=1S/C12H14BrNO.C2H6/c1-3-4-9(2)15-12(14)10-5-7-11(13)8-6-10;1-2/h4-8,14H,3H2,1-2H3;1-2H3/b9-4+,14-12?;. The van der Waals surface area contributed by atoms with Gasteiger partial charge in [-0.25, -0.2) is 0 Å². The zero-order valence-corrected chi connectivity index (χ0v) is 12.5. The summed E-state index contributed by atoms with van der Waals surface area (Å²) in [5.74, 6) is 0.954. The highest BCUT2D eigenvalue weighted by molar-refractivity contribution is 9.10. The maximum atomic E-state index is 7.73. The molecule has 1 aromatic carbocycles. The van der Waals surface area contributed by atoms with Crippen molar-refractivity contribution in [1.82, 2.24) is 0 Å². The van der Waals surface area contributed by atoms with Gasteiger partial charge in [-0.2, -0.15) is 0 Å². The minimum absolute atomic E-state index is 0.185. The summed E-state index contributed by atoms with van der Waals surface area (Å²) in [6.07, 6.45) is 2.87. The molecule has 0 bridgehead atoms. The Kier molecular flexibility index (Phi) is 8.42. The molecule has 0 aliphatic carbocycles. The second-order valence-electron chi connectivity index (χ2n) is 3.16. The normalized spacial score (nSPS) is 10.3. The molecule has 3 heteroatoms. The van der Waals surface area contributed by atoms with Crippen molar-refractivity contribution in [2.24, 2.45) is 0 Å². The second kappa shape index (κ2) is 8.99. The van der Waals surface area contributed by atoms with Gasteiger partial charge in [-0.3, -0.25) is 5.41 Å². The lowest BCUT2D eigenvalue weighted by Gasteiger charge is -2.06. The Morgan fingerprint density at radius 2 is 1.82 bits per heavy atom. The predicted octanol–water partition coefficient (Wildman–Crippen LogP) is 5.13. The molecular formula is C14H20BrNO. The molecule has 1 aromatic rings. The molecule has 0 aromatic heterocycles. The van der Waals surface area contributed by atoms with Gasteiger partial charge in [0.2, 0.25) is 5.90 Å². The van der Waals surface area contributed by atoms with Gasteiger partial charge in [-0.1, -0.05) is 36.7 Å². The smallest absolute Gasteiger partial charge is 0.218 e. The summed E-state index contributed by atoms with van der Waals surface area (Å²) in [5, 5.41) is 7.73. The number of allylic oxidation sites excluding steroid dienone is 2. The lowest BCUT2D eigenvalue weighted by molar-refractivity contribution is 0.412. The van der Waals surface area contributed by atoms with Gasteiger partial charge in [0.25, 0.3) is 0 Å². The first-order valence-corrected chi connectivity index (χ1v) is 6.62. The van der Waals surface area contributed by atoms with Crippen LogP contribution in [0, 0.1) is 5.41 Å². The van der Waals surface area contributed by atoms with Crippen LogP contribution < -0.4 is 0 Å². The van der Waals surface area contributed by atoms with Crippen molar-refractivity contribution in [2.45, 2.75) is 34.1 Å². The summed E-state index contributed by atoms with van der Waals surface area (Å²) >= 11 is 3.35. The van der Waals surface area contributed by atoms with E-state index in [0.29, 0.717) is 0 Å². The number of rotatable bonds is 3. The van der Waals surface area contributed by atoms with Gasteiger partial charge in [0, 0.05) is 10.0 Å². The molecule has 0 spiro atoms. The van der Waals surface area contributed by atoms with Crippen molar-refractivity contribution in [3.05, 3.63) is 46.1 Å².